The van der Waals surface area contributed by atoms with Crippen LogP contribution >= 0.6 is 0 Å². The summed E-state index contributed by atoms with van der Waals surface area (Å²) in [5.41, 5.74) is 0. The highest BCUT2D eigenvalue weighted by Crippen LogP contribution is 2.09. The van der Waals surface area contributed by atoms with Crippen LogP contribution in [0.15, 0.2) is 6.33 Å². The third-order valence-electron chi connectivity index (χ3n) is 3.33. The molecule has 5 nitrogen and oxygen atoms in total. The fourth-order valence-corrected chi connectivity index (χ4v) is 2.31. The lowest BCUT2D eigenvalue weighted by atomic mass is 10.1. The largest absolute Gasteiger partial charge is 0.313 e. The van der Waals surface area contributed by atoms with Gasteiger partial charge in [-0.25, -0.2) is 4.98 Å². The van der Waals surface area contributed by atoms with Crippen LogP contribution in [0.2, 0.25) is 0 Å². The van der Waals surface area contributed by atoms with Crippen molar-refractivity contribution in [2.75, 3.05) is 26.2 Å². The molecular weight excluding hydrogens is 226 g/mol. The molecule has 1 N–H and O–H groups in total. The summed E-state index contributed by atoms with van der Waals surface area (Å²) in [6, 6.07) is 0.614. The first-order chi connectivity index (χ1) is 8.78. The van der Waals surface area contributed by atoms with Gasteiger partial charge in [-0.15, -0.1) is 6.42 Å². The predicted molar refractivity (Wildman–Crippen MR) is 71.0 cm³/mol. The van der Waals surface area contributed by atoms with Crippen molar-refractivity contribution < 1.29 is 0 Å². The highest BCUT2D eigenvalue weighted by atomic mass is 15.3. The third kappa shape index (κ3) is 3.83. The van der Waals surface area contributed by atoms with Gasteiger partial charge in [0.15, 0.2) is 5.82 Å². The van der Waals surface area contributed by atoms with Crippen LogP contribution in [0.25, 0.3) is 0 Å². The quantitative estimate of drug-likeness (QED) is 0.747. The minimum Gasteiger partial charge on any atom is -0.313 e. The summed E-state index contributed by atoms with van der Waals surface area (Å²) in [7, 11) is 1.89. The van der Waals surface area contributed by atoms with Crippen LogP contribution < -0.4 is 5.32 Å². The van der Waals surface area contributed by atoms with Gasteiger partial charge < -0.3 is 5.32 Å². The zero-order valence-corrected chi connectivity index (χ0v) is 11.0. The van der Waals surface area contributed by atoms with E-state index in [0.29, 0.717) is 6.04 Å². The second kappa shape index (κ2) is 6.53. The van der Waals surface area contributed by atoms with E-state index in [1.807, 2.05) is 7.05 Å². The monoisotopic (exact) mass is 247 g/mol. The van der Waals surface area contributed by atoms with Crippen molar-refractivity contribution in [3.8, 4) is 12.3 Å². The third-order valence-corrected chi connectivity index (χ3v) is 3.33. The molecule has 1 aromatic heterocycles. The van der Waals surface area contributed by atoms with E-state index in [4.69, 9.17) is 6.42 Å². The summed E-state index contributed by atoms with van der Waals surface area (Å²) in [5, 5.41) is 7.84. The molecule has 2 heterocycles. The van der Waals surface area contributed by atoms with Gasteiger partial charge in [-0.3, -0.25) is 9.58 Å². The Morgan fingerprint density at radius 2 is 2.28 bits per heavy atom. The lowest BCUT2D eigenvalue weighted by molar-refractivity contribution is 0.218. The van der Waals surface area contributed by atoms with Crippen LogP contribution in [0.4, 0.5) is 0 Å². The first-order valence-corrected chi connectivity index (χ1v) is 6.51. The normalized spacial score (nSPS) is 17.8. The molecule has 1 aromatic rings. The Balaban J connectivity index is 1.62. The van der Waals surface area contributed by atoms with E-state index >= 15 is 0 Å². The van der Waals surface area contributed by atoms with E-state index in [0.717, 1.165) is 38.4 Å². The molecule has 2 rings (SSSR count). The number of aryl methyl sites for hydroxylation is 1. The molecule has 0 bridgehead atoms. The van der Waals surface area contributed by atoms with E-state index in [1.165, 1.54) is 12.8 Å². The number of terminal acetylenes is 1. The summed E-state index contributed by atoms with van der Waals surface area (Å²) >= 11 is 0. The van der Waals surface area contributed by atoms with Gasteiger partial charge in [0, 0.05) is 39.1 Å². The summed E-state index contributed by atoms with van der Waals surface area (Å²) in [6.45, 7) is 3.93. The first-order valence-electron chi connectivity index (χ1n) is 6.51. The maximum absolute atomic E-state index is 5.32. The molecule has 1 aliphatic heterocycles. The summed E-state index contributed by atoms with van der Waals surface area (Å²) in [4.78, 5) is 6.55. The van der Waals surface area contributed by atoms with Crippen molar-refractivity contribution in [1.29, 1.82) is 0 Å². The zero-order valence-electron chi connectivity index (χ0n) is 11.0. The molecular formula is C13H21N5. The van der Waals surface area contributed by atoms with Gasteiger partial charge in [-0.05, 0) is 12.8 Å². The molecule has 0 aromatic carbocycles. The van der Waals surface area contributed by atoms with Crippen LogP contribution in [0.3, 0.4) is 0 Å². The Kier molecular flexibility index (Phi) is 4.73. The highest BCUT2D eigenvalue weighted by Gasteiger charge is 2.17. The Morgan fingerprint density at radius 1 is 1.50 bits per heavy atom. The van der Waals surface area contributed by atoms with E-state index in [-0.39, 0.29) is 0 Å². The fourth-order valence-electron chi connectivity index (χ4n) is 2.31. The number of hydrogen-bond acceptors (Lipinski definition) is 4. The van der Waals surface area contributed by atoms with Crippen LogP contribution in [0.1, 0.15) is 18.7 Å². The van der Waals surface area contributed by atoms with Gasteiger partial charge in [-0.1, -0.05) is 5.92 Å². The van der Waals surface area contributed by atoms with Crippen molar-refractivity contribution in [1.82, 2.24) is 25.0 Å². The molecule has 0 spiro atoms. The van der Waals surface area contributed by atoms with Gasteiger partial charge >= 0.3 is 0 Å². The Labute approximate surface area is 109 Å². The second-order valence-corrected chi connectivity index (χ2v) is 4.79. The fraction of sp³-hybridized carbons (Fsp3) is 0.692. The number of hydrogen-bond donors (Lipinski definition) is 1. The smallest absolute Gasteiger partial charge is 0.151 e. The van der Waals surface area contributed by atoms with E-state index in [9.17, 15) is 0 Å². The number of nitrogens with one attached hydrogen (secondary N) is 1. The van der Waals surface area contributed by atoms with Crippen LogP contribution in [-0.2, 0) is 13.5 Å². The number of piperidine rings is 1. The van der Waals surface area contributed by atoms with E-state index in [1.54, 1.807) is 11.0 Å². The van der Waals surface area contributed by atoms with Crippen LogP contribution in [0, 0.1) is 12.3 Å². The van der Waals surface area contributed by atoms with Gasteiger partial charge in [0.1, 0.15) is 6.33 Å². The number of aromatic nitrogens is 3. The number of nitrogens with zero attached hydrogens (tertiary/aromatic N) is 4. The number of rotatable bonds is 5. The Morgan fingerprint density at radius 3 is 2.89 bits per heavy atom. The molecule has 0 amide bonds. The minimum absolute atomic E-state index is 0.614. The maximum atomic E-state index is 5.32. The lowest BCUT2D eigenvalue weighted by Gasteiger charge is -2.31. The molecule has 1 fully saturated rings. The molecule has 1 saturated heterocycles. The van der Waals surface area contributed by atoms with Crippen molar-refractivity contribution in [2.45, 2.75) is 25.3 Å². The predicted octanol–water partition coefficient (Wildman–Crippen LogP) is 0.0448. The molecule has 0 unspecified atom stereocenters. The molecule has 0 aliphatic carbocycles. The Hall–Kier alpha value is -1.38. The van der Waals surface area contributed by atoms with Gasteiger partial charge in [0.25, 0.3) is 0 Å². The van der Waals surface area contributed by atoms with Crippen LogP contribution in [-0.4, -0.2) is 51.9 Å². The SMILES string of the molecule is C#CCN1CCC(NCCc2ncn(C)n2)CC1. The van der Waals surface area contributed by atoms with E-state index < -0.39 is 0 Å². The Bertz CT molecular complexity index is 398. The second-order valence-electron chi connectivity index (χ2n) is 4.79. The highest BCUT2D eigenvalue weighted by molar-refractivity contribution is 4.90. The minimum atomic E-state index is 0.614. The standard InChI is InChI=1S/C13H21N5/c1-3-8-18-9-5-12(6-10-18)14-7-4-13-15-11-17(2)16-13/h1,11-12,14H,4-10H2,2H3. The van der Waals surface area contributed by atoms with Crippen molar-refractivity contribution in [3.05, 3.63) is 12.2 Å². The number of likely N-dealkylation sites (tertiary alicyclic amines) is 1. The van der Waals surface area contributed by atoms with Gasteiger partial charge in [0.05, 0.1) is 6.54 Å². The molecule has 5 heteroatoms. The molecule has 98 valence electrons. The maximum Gasteiger partial charge on any atom is 0.151 e. The summed E-state index contributed by atoms with van der Waals surface area (Å²) < 4.78 is 1.74. The van der Waals surface area contributed by atoms with E-state index in [2.05, 4.69) is 26.2 Å². The van der Waals surface area contributed by atoms with Crippen molar-refractivity contribution in [2.24, 2.45) is 7.05 Å². The molecule has 0 radical (unpaired) electrons. The van der Waals surface area contributed by atoms with Crippen LogP contribution in [0.5, 0.6) is 0 Å². The topological polar surface area (TPSA) is 46.0 Å². The molecule has 18 heavy (non-hydrogen) atoms. The van der Waals surface area contributed by atoms with Gasteiger partial charge in [-0.2, -0.15) is 5.10 Å². The molecule has 1 aliphatic rings. The zero-order chi connectivity index (χ0) is 12.8. The van der Waals surface area contributed by atoms with Crippen molar-refractivity contribution in [3.63, 3.8) is 0 Å². The molecule has 0 atom stereocenters. The van der Waals surface area contributed by atoms with Crippen molar-refractivity contribution >= 4 is 0 Å². The lowest BCUT2D eigenvalue weighted by Crippen LogP contribution is -2.43. The average molecular weight is 247 g/mol. The molecule has 0 saturated carbocycles. The summed E-state index contributed by atoms with van der Waals surface area (Å²) in [5.74, 6) is 3.62. The van der Waals surface area contributed by atoms with Gasteiger partial charge in [0.2, 0.25) is 0 Å². The summed E-state index contributed by atoms with van der Waals surface area (Å²) in [6.07, 6.45) is 10.3. The first kappa shape index (κ1) is 13.1. The average Bonchev–Trinajstić information content (AvgIpc) is 2.78.